The van der Waals surface area contributed by atoms with E-state index in [1.165, 1.54) is 78.2 Å². The molecule has 0 bridgehead atoms. The van der Waals surface area contributed by atoms with E-state index in [0.29, 0.717) is 11.8 Å². The molecule has 0 atom stereocenters. The van der Waals surface area contributed by atoms with Crippen molar-refractivity contribution >= 4 is 11.0 Å². The van der Waals surface area contributed by atoms with Crippen LogP contribution in [0.3, 0.4) is 0 Å². The molecule has 0 N–H and O–H groups in total. The fraction of sp³-hybridized carbons (Fsp3) is 0.178. The van der Waals surface area contributed by atoms with Gasteiger partial charge in [0.15, 0.2) is 11.0 Å². The van der Waals surface area contributed by atoms with Crippen molar-refractivity contribution in [3.63, 3.8) is 0 Å². The van der Waals surface area contributed by atoms with Crippen LogP contribution in [0.4, 0.5) is 0 Å². The third-order valence-corrected chi connectivity index (χ3v) is 9.54. The Morgan fingerprint density at radius 2 is 0.957 bits per heavy atom. The average Bonchev–Trinajstić information content (AvgIpc) is 3.39. The van der Waals surface area contributed by atoms with Crippen molar-refractivity contribution < 1.29 is 4.57 Å². The monoisotopic (exact) mass is 611 g/mol. The van der Waals surface area contributed by atoms with Crippen LogP contribution in [0.15, 0.2) is 140 Å². The van der Waals surface area contributed by atoms with Crippen LogP contribution in [0.25, 0.3) is 61.5 Å². The van der Waals surface area contributed by atoms with Crippen molar-refractivity contribution in [1.29, 1.82) is 0 Å². The maximum atomic E-state index is 2.57. The molecule has 0 radical (unpaired) electrons. The van der Waals surface area contributed by atoms with Crippen molar-refractivity contribution in [1.82, 2.24) is 4.57 Å². The molecule has 1 heterocycles. The maximum absolute atomic E-state index is 2.57. The molecular formula is C45H43N2+. The van der Waals surface area contributed by atoms with Crippen LogP contribution >= 0.6 is 0 Å². The van der Waals surface area contributed by atoms with Gasteiger partial charge in [-0.05, 0) is 94.1 Å². The van der Waals surface area contributed by atoms with Gasteiger partial charge >= 0.3 is 0 Å². The first-order chi connectivity index (χ1) is 22.8. The molecule has 0 aliphatic rings. The van der Waals surface area contributed by atoms with E-state index >= 15 is 0 Å². The maximum Gasteiger partial charge on any atom is 0.295 e. The Morgan fingerprint density at radius 1 is 0.489 bits per heavy atom. The molecule has 0 aliphatic heterocycles. The zero-order valence-corrected chi connectivity index (χ0v) is 28.3. The Morgan fingerprint density at radius 3 is 1.47 bits per heavy atom. The first-order valence-electron chi connectivity index (χ1n) is 16.8. The number of fused-ring (bicyclic) bond motifs is 1. The summed E-state index contributed by atoms with van der Waals surface area (Å²) in [6.45, 7) is 11.6. The first-order valence-corrected chi connectivity index (χ1v) is 16.8. The molecule has 2 heteroatoms. The summed E-state index contributed by atoms with van der Waals surface area (Å²) in [5, 5.41) is 0. The standard InChI is InChI=1S/C45H43N2/c1-30(2)39-27-38(35-20-14-9-15-21-35)28-40(31(3)4)44(39)47-42-25-24-37(34-18-12-8-13-19-34)29-43(42)46(6)45(47)41-26-36(23-22-32(41)5)33-16-10-7-11-17-33/h7-31H,1-6H3/q+1. The molecule has 1 aromatic heterocycles. The highest BCUT2D eigenvalue weighted by Gasteiger charge is 2.32. The number of aromatic nitrogens is 2. The quantitative estimate of drug-likeness (QED) is 0.159. The average molecular weight is 612 g/mol. The lowest BCUT2D eigenvalue weighted by molar-refractivity contribution is -0.633. The molecule has 2 nitrogen and oxygen atoms in total. The first kappa shape index (κ1) is 30.4. The molecule has 0 unspecified atom stereocenters. The van der Waals surface area contributed by atoms with Gasteiger partial charge in [0.2, 0.25) is 0 Å². The van der Waals surface area contributed by atoms with E-state index in [1.54, 1.807) is 0 Å². The van der Waals surface area contributed by atoms with Crippen LogP contribution in [-0.2, 0) is 7.05 Å². The van der Waals surface area contributed by atoms with Crippen molar-refractivity contribution in [3.8, 4) is 50.5 Å². The third-order valence-electron chi connectivity index (χ3n) is 9.54. The Balaban J connectivity index is 1.59. The summed E-state index contributed by atoms with van der Waals surface area (Å²) in [5.41, 5.74) is 16.4. The van der Waals surface area contributed by atoms with Gasteiger partial charge in [-0.15, -0.1) is 0 Å². The van der Waals surface area contributed by atoms with Gasteiger partial charge in [-0.25, -0.2) is 4.57 Å². The second-order valence-corrected chi connectivity index (χ2v) is 13.4. The number of rotatable bonds is 7. The van der Waals surface area contributed by atoms with E-state index in [0.717, 1.165) is 0 Å². The molecule has 7 aromatic rings. The number of nitrogens with zero attached hydrogens (tertiary/aromatic N) is 2. The van der Waals surface area contributed by atoms with Crippen LogP contribution in [0, 0.1) is 6.92 Å². The zero-order valence-electron chi connectivity index (χ0n) is 28.3. The largest absolute Gasteiger partial charge is 0.295 e. The molecule has 7 rings (SSSR count). The minimum absolute atomic E-state index is 0.321. The van der Waals surface area contributed by atoms with E-state index in [1.807, 2.05) is 0 Å². The zero-order chi connectivity index (χ0) is 32.7. The molecule has 0 spiro atoms. The summed E-state index contributed by atoms with van der Waals surface area (Å²) in [6, 6.07) is 51.0. The van der Waals surface area contributed by atoms with Gasteiger partial charge in [0.05, 0.1) is 12.6 Å². The molecular weight excluding hydrogens is 569 g/mol. The second-order valence-electron chi connectivity index (χ2n) is 13.4. The predicted octanol–water partition coefficient (Wildman–Crippen LogP) is 11.7. The van der Waals surface area contributed by atoms with Gasteiger partial charge in [0, 0.05) is 11.1 Å². The van der Waals surface area contributed by atoms with Gasteiger partial charge in [-0.1, -0.05) is 131 Å². The van der Waals surface area contributed by atoms with Crippen molar-refractivity contribution in [3.05, 3.63) is 156 Å². The lowest BCUT2D eigenvalue weighted by atomic mass is 9.88. The van der Waals surface area contributed by atoms with Gasteiger partial charge in [-0.3, -0.25) is 0 Å². The highest BCUT2D eigenvalue weighted by molar-refractivity contribution is 5.86. The minimum atomic E-state index is 0.321. The topological polar surface area (TPSA) is 8.81 Å². The van der Waals surface area contributed by atoms with Crippen molar-refractivity contribution in [2.75, 3.05) is 0 Å². The van der Waals surface area contributed by atoms with E-state index < -0.39 is 0 Å². The minimum Gasteiger partial charge on any atom is -0.225 e. The van der Waals surface area contributed by atoms with Crippen LogP contribution in [0.5, 0.6) is 0 Å². The Hall–Kier alpha value is -5.21. The summed E-state index contributed by atoms with van der Waals surface area (Å²) in [5.74, 6) is 1.83. The molecule has 6 aromatic carbocycles. The Kier molecular flexibility index (Phi) is 8.12. The van der Waals surface area contributed by atoms with E-state index in [2.05, 4.69) is 190 Å². The number of benzene rings is 6. The molecule has 47 heavy (non-hydrogen) atoms. The number of hydrogen-bond acceptors (Lipinski definition) is 0. The highest BCUT2D eigenvalue weighted by Crippen LogP contribution is 2.41. The van der Waals surface area contributed by atoms with E-state index in [9.17, 15) is 0 Å². The normalized spacial score (nSPS) is 11.6. The predicted molar refractivity (Wildman–Crippen MR) is 199 cm³/mol. The van der Waals surface area contributed by atoms with Crippen molar-refractivity contribution in [2.45, 2.75) is 46.5 Å². The summed E-state index contributed by atoms with van der Waals surface area (Å²) in [7, 11) is 2.24. The summed E-state index contributed by atoms with van der Waals surface area (Å²) >= 11 is 0. The van der Waals surface area contributed by atoms with Gasteiger partial charge in [0.1, 0.15) is 5.69 Å². The van der Waals surface area contributed by atoms with Gasteiger partial charge in [-0.2, -0.15) is 4.57 Å². The Bertz CT molecular complexity index is 2160. The molecule has 0 fully saturated rings. The fourth-order valence-corrected chi connectivity index (χ4v) is 6.99. The Labute approximate surface area is 279 Å². The molecule has 0 saturated heterocycles. The SMILES string of the molecule is Cc1ccc(-c2ccccc2)cc1-c1n(-c2c(C(C)C)cc(-c3ccccc3)cc2C(C)C)c2ccc(-c3ccccc3)cc2[n+]1C. The molecule has 0 aliphatic carbocycles. The molecule has 0 amide bonds. The van der Waals surface area contributed by atoms with E-state index in [-0.39, 0.29) is 0 Å². The van der Waals surface area contributed by atoms with Gasteiger partial charge in [0.25, 0.3) is 5.82 Å². The lowest BCUT2D eigenvalue weighted by Gasteiger charge is -2.21. The van der Waals surface area contributed by atoms with Crippen LogP contribution < -0.4 is 4.57 Å². The second kappa shape index (κ2) is 12.5. The van der Waals surface area contributed by atoms with Crippen molar-refractivity contribution in [2.24, 2.45) is 7.05 Å². The van der Waals surface area contributed by atoms with Crippen LogP contribution in [0.1, 0.15) is 56.2 Å². The molecule has 0 saturated carbocycles. The fourth-order valence-electron chi connectivity index (χ4n) is 6.99. The smallest absolute Gasteiger partial charge is 0.225 e. The van der Waals surface area contributed by atoms with Gasteiger partial charge < -0.3 is 0 Å². The highest BCUT2D eigenvalue weighted by atomic mass is 15.2. The molecule has 232 valence electrons. The summed E-state index contributed by atoms with van der Waals surface area (Å²) in [4.78, 5) is 0. The van der Waals surface area contributed by atoms with E-state index in [4.69, 9.17) is 0 Å². The van der Waals surface area contributed by atoms with Crippen LogP contribution in [-0.4, -0.2) is 4.57 Å². The summed E-state index contributed by atoms with van der Waals surface area (Å²) in [6.07, 6.45) is 0. The number of imidazole rings is 1. The number of aryl methyl sites for hydroxylation is 2. The number of hydrogen-bond donors (Lipinski definition) is 0. The van der Waals surface area contributed by atoms with Crippen LogP contribution in [0.2, 0.25) is 0 Å². The third kappa shape index (κ3) is 5.59. The summed E-state index contributed by atoms with van der Waals surface area (Å²) < 4.78 is 4.98. The lowest BCUT2D eigenvalue weighted by Crippen LogP contribution is -2.30.